The van der Waals surface area contributed by atoms with E-state index in [1.807, 2.05) is 0 Å². The molecule has 0 aliphatic carbocycles. The van der Waals surface area contributed by atoms with Crippen LogP contribution < -0.4 is 19.6 Å². The maximum Gasteiger partial charge on any atom is 4.00 e. The van der Waals surface area contributed by atoms with Crippen molar-refractivity contribution in [3.05, 3.63) is 0 Å². The van der Waals surface area contributed by atoms with Crippen molar-refractivity contribution in [3.8, 4) is 0 Å². The molecule has 0 radical (unpaired) electrons. The Bertz CT molecular complexity index is 135. The Hall–Kier alpha value is 3.22. The zero-order valence-electron chi connectivity index (χ0n) is 4.98. The molecular formula is Mo2O4P2S4+2. The van der Waals surface area contributed by atoms with Crippen LogP contribution in [0.2, 0.25) is 0 Å². The monoisotopic (exact) mass is 450 g/mol. The predicted molar refractivity (Wildman–Crippen MR) is 43.3 cm³/mol. The zero-order valence-corrected chi connectivity index (χ0v) is 14.0. The van der Waals surface area contributed by atoms with Crippen LogP contribution >= 0.6 is 11.4 Å². The average molecular weight is 446 g/mol. The van der Waals surface area contributed by atoms with Crippen LogP contribution in [-0.2, 0) is 90.2 Å². The second kappa shape index (κ2) is 10.7. The van der Waals surface area contributed by atoms with E-state index in [-0.39, 0.29) is 42.1 Å². The van der Waals surface area contributed by atoms with E-state index in [9.17, 15) is 19.6 Å². The van der Waals surface area contributed by atoms with Crippen LogP contribution in [0, 0.1) is 0 Å². The largest absolute Gasteiger partial charge is 4.00 e. The first-order valence-corrected chi connectivity index (χ1v) is 8.76. The van der Waals surface area contributed by atoms with Gasteiger partial charge in [-0.15, -0.1) is 0 Å². The van der Waals surface area contributed by atoms with Gasteiger partial charge in [0.05, 0.1) is 0 Å². The smallest absolute Gasteiger partial charge is 0.850 e. The molecule has 0 spiro atoms. The molecule has 0 rings (SSSR count). The van der Waals surface area contributed by atoms with Crippen molar-refractivity contribution in [2.45, 2.75) is 0 Å². The topological polar surface area (TPSA) is 92.2 Å². The first kappa shape index (κ1) is 24.4. The van der Waals surface area contributed by atoms with Gasteiger partial charge in [-0.05, 0) is 0 Å². The van der Waals surface area contributed by atoms with Crippen molar-refractivity contribution in [1.29, 1.82) is 0 Å². The van der Waals surface area contributed by atoms with E-state index < -0.39 is 11.4 Å². The molecule has 0 saturated carbocycles. The summed E-state index contributed by atoms with van der Waals surface area (Å²) in [5.74, 6) is 0. The normalized spacial score (nSPS) is 9.83. The molecule has 0 amide bonds. The first-order chi connectivity index (χ1) is 4.00. The standard InChI is InChI=1S/2Mo.2H3O2PS2/c;;2*1-3(2,4)5/h;;2*(H3,1,2,4,5)/q2*+4;;/p-6. The number of hydrogen-bond donors (Lipinski definition) is 0. The fourth-order valence-corrected chi connectivity index (χ4v) is 0. The van der Waals surface area contributed by atoms with Crippen LogP contribution in [-0.4, -0.2) is 0 Å². The minimum Gasteiger partial charge on any atom is -0.850 e. The van der Waals surface area contributed by atoms with Crippen molar-refractivity contribution in [3.63, 3.8) is 0 Å². The van der Waals surface area contributed by atoms with Crippen molar-refractivity contribution >= 4 is 59.5 Å². The minimum absolute atomic E-state index is 0. The van der Waals surface area contributed by atoms with Crippen molar-refractivity contribution in [2.24, 2.45) is 0 Å². The number of hydrogen-bond acceptors (Lipinski definition) is 8. The third-order valence-corrected chi connectivity index (χ3v) is 0. The van der Waals surface area contributed by atoms with Gasteiger partial charge in [-0.1, -0.05) is 0 Å². The summed E-state index contributed by atoms with van der Waals surface area (Å²) in [6.07, 6.45) is 0. The van der Waals surface area contributed by atoms with Crippen LogP contribution in [0.15, 0.2) is 0 Å². The zero-order chi connectivity index (χ0) is 9.00. The quantitative estimate of drug-likeness (QED) is 0.220. The molecule has 0 unspecified atom stereocenters. The Morgan fingerprint density at radius 3 is 0.750 bits per heavy atom. The summed E-state index contributed by atoms with van der Waals surface area (Å²) in [5, 5.41) is 0. The molecule has 0 saturated heterocycles. The second-order valence-corrected chi connectivity index (χ2v) is 9.84. The van der Waals surface area contributed by atoms with Crippen molar-refractivity contribution in [2.75, 3.05) is 0 Å². The van der Waals surface area contributed by atoms with Gasteiger partial charge in [-0.3, -0.25) is 0 Å². The summed E-state index contributed by atoms with van der Waals surface area (Å²) in [4.78, 5) is 37.2. The molecule has 0 aliphatic rings. The van der Waals surface area contributed by atoms with E-state index in [2.05, 4.69) is 48.1 Å². The van der Waals surface area contributed by atoms with Gasteiger partial charge in [0.2, 0.25) is 0 Å². The van der Waals surface area contributed by atoms with Gasteiger partial charge in [-0.25, -0.2) is 0 Å². The van der Waals surface area contributed by atoms with Gasteiger partial charge < -0.3 is 55.5 Å². The van der Waals surface area contributed by atoms with E-state index >= 15 is 0 Å². The van der Waals surface area contributed by atoms with Crippen molar-refractivity contribution in [1.82, 2.24) is 0 Å². The molecule has 0 heterocycles. The van der Waals surface area contributed by atoms with E-state index in [1.165, 1.54) is 0 Å². The molecule has 0 aromatic carbocycles. The molecule has 0 fully saturated rings. The minimum atomic E-state index is -3.72. The Morgan fingerprint density at radius 2 is 0.750 bits per heavy atom. The third-order valence-electron chi connectivity index (χ3n) is 0. The van der Waals surface area contributed by atoms with Gasteiger partial charge in [-0.2, -0.15) is 23.6 Å². The maximum atomic E-state index is 9.29. The summed E-state index contributed by atoms with van der Waals surface area (Å²) >= 11 is 14.6. The number of rotatable bonds is 0. The summed E-state index contributed by atoms with van der Waals surface area (Å²) < 4.78 is 0. The summed E-state index contributed by atoms with van der Waals surface area (Å²) in [7, 11) is 0. The van der Waals surface area contributed by atoms with Crippen LogP contribution in [0.1, 0.15) is 0 Å². The molecule has 12 heavy (non-hydrogen) atoms. The Labute approximate surface area is 120 Å². The fourth-order valence-electron chi connectivity index (χ4n) is 0. The fraction of sp³-hybridized carbons (Fsp3) is 0. The van der Waals surface area contributed by atoms with E-state index in [0.717, 1.165) is 0 Å². The van der Waals surface area contributed by atoms with E-state index in [1.54, 1.807) is 0 Å². The molecule has 0 aromatic heterocycles. The van der Waals surface area contributed by atoms with Crippen LogP contribution in [0.25, 0.3) is 0 Å². The molecule has 4 nitrogen and oxygen atoms in total. The van der Waals surface area contributed by atoms with E-state index in [0.29, 0.717) is 0 Å². The summed E-state index contributed by atoms with van der Waals surface area (Å²) in [6, 6.07) is 0. The van der Waals surface area contributed by atoms with Gasteiger partial charge in [0.15, 0.2) is 0 Å². The van der Waals surface area contributed by atoms with Gasteiger partial charge in [0.25, 0.3) is 0 Å². The average Bonchev–Trinajstić information content (AvgIpc) is 1.12. The van der Waals surface area contributed by atoms with Crippen LogP contribution in [0.5, 0.6) is 0 Å². The van der Waals surface area contributed by atoms with Crippen LogP contribution in [0.3, 0.4) is 0 Å². The Morgan fingerprint density at radius 1 is 0.750 bits per heavy atom. The molecule has 12 heteroatoms. The molecule has 0 aromatic rings. The molecule has 68 valence electrons. The third kappa shape index (κ3) is 191. The van der Waals surface area contributed by atoms with Crippen molar-refractivity contribution < 1.29 is 61.7 Å². The Balaban J connectivity index is -0.0000000457. The second-order valence-electron chi connectivity index (χ2n) is 0.894. The van der Waals surface area contributed by atoms with Gasteiger partial charge in [0.1, 0.15) is 0 Å². The van der Waals surface area contributed by atoms with Gasteiger partial charge >= 0.3 is 42.1 Å². The summed E-state index contributed by atoms with van der Waals surface area (Å²) in [6.45, 7) is 0. The molecule has 0 atom stereocenters. The maximum absolute atomic E-state index is 9.29. The molecule has 0 aliphatic heterocycles. The summed E-state index contributed by atoms with van der Waals surface area (Å²) in [5.41, 5.74) is -7.44. The van der Waals surface area contributed by atoms with Crippen LogP contribution in [0.4, 0.5) is 0 Å². The SMILES string of the molecule is [Mo+4].[Mo+4].[O-]P([O-])(=S)[S-].[O-]P([O-])(=S)[S-]. The molecule has 0 N–H and O–H groups in total. The van der Waals surface area contributed by atoms with Gasteiger partial charge in [0, 0.05) is 0 Å². The first-order valence-electron chi connectivity index (χ1n) is 1.46. The molecule has 0 bridgehead atoms. The predicted octanol–water partition coefficient (Wildman–Crippen LogP) is -3.05. The van der Waals surface area contributed by atoms with E-state index in [4.69, 9.17) is 0 Å². The Kier molecular flexibility index (Phi) is 21.8. The molecular weight excluding hydrogens is 446 g/mol.